The highest BCUT2D eigenvalue weighted by atomic mass is 32.2. The summed E-state index contributed by atoms with van der Waals surface area (Å²) < 4.78 is 5.18. The Bertz CT molecular complexity index is 707. The summed E-state index contributed by atoms with van der Waals surface area (Å²) in [6, 6.07) is 7.71. The van der Waals surface area contributed by atoms with Crippen molar-refractivity contribution in [2.24, 2.45) is 5.92 Å². The first-order valence-electron chi connectivity index (χ1n) is 10.5. The lowest BCUT2D eigenvalue weighted by Gasteiger charge is -2.44. The Hall–Kier alpha value is -1.69. The summed E-state index contributed by atoms with van der Waals surface area (Å²) in [5, 5.41) is 0. The molecule has 1 aromatic carbocycles. The van der Waals surface area contributed by atoms with Crippen LogP contribution in [0, 0.1) is 5.92 Å². The van der Waals surface area contributed by atoms with Crippen LogP contribution in [0.2, 0.25) is 0 Å². The van der Waals surface area contributed by atoms with E-state index in [0.29, 0.717) is 12.3 Å². The van der Waals surface area contributed by atoms with Crippen LogP contribution in [-0.4, -0.2) is 59.0 Å². The average Bonchev–Trinajstić information content (AvgIpc) is 3.39. The zero-order chi connectivity index (χ0) is 19.6. The molecule has 0 N–H and O–H groups in total. The van der Waals surface area contributed by atoms with Crippen LogP contribution in [0.5, 0.6) is 5.75 Å². The van der Waals surface area contributed by atoms with Crippen molar-refractivity contribution in [2.45, 2.75) is 49.8 Å². The van der Waals surface area contributed by atoms with Gasteiger partial charge in [-0.25, -0.2) is 0 Å². The second-order valence-electron chi connectivity index (χ2n) is 8.17. The first-order valence-corrected chi connectivity index (χ1v) is 11.5. The van der Waals surface area contributed by atoms with Gasteiger partial charge in [0.15, 0.2) is 0 Å². The molecule has 1 spiro atoms. The van der Waals surface area contributed by atoms with E-state index in [4.69, 9.17) is 4.74 Å². The van der Waals surface area contributed by atoms with E-state index in [-0.39, 0.29) is 16.7 Å². The zero-order valence-corrected chi connectivity index (χ0v) is 17.5. The molecule has 0 atom stereocenters. The predicted octanol–water partition coefficient (Wildman–Crippen LogP) is 3.32. The van der Waals surface area contributed by atoms with E-state index in [1.165, 1.54) is 12.8 Å². The van der Waals surface area contributed by atoms with Crippen molar-refractivity contribution in [1.29, 1.82) is 0 Å². The van der Waals surface area contributed by atoms with Crippen LogP contribution in [0.4, 0.5) is 0 Å². The number of nitrogens with zero attached hydrogens (tertiary/aromatic N) is 2. The van der Waals surface area contributed by atoms with Gasteiger partial charge in [0.25, 0.3) is 0 Å². The quantitative estimate of drug-likeness (QED) is 0.775. The molecule has 3 fully saturated rings. The number of benzene rings is 1. The number of hydrogen-bond acceptors (Lipinski definition) is 4. The Labute approximate surface area is 171 Å². The van der Waals surface area contributed by atoms with E-state index in [1.807, 2.05) is 40.9 Å². The third kappa shape index (κ3) is 3.88. The van der Waals surface area contributed by atoms with Crippen molar-refractivity contribution < 1.29 is 14.3 Å². The van der Waals surface area contributed by atoms with Gasteiger partial charge in [0.2, 0.25) is 11.8 Å². The maximum absolute atomic E-state index is 13.1. The van der Waals surface area contributed by atoms with Crippen molar-refractivity contribution in [3.05, 3.63) is 29.8 Å². The maximum atomic E-state index is 13.1. The number of piperidine rings is 1. The average molecular weight is 403 g/mol. The normalized spacial score (nSPS) is 22.0. The minimum atomic E-state index is -0.0729. The van der Waals surface area contributed by atoms with Crippen LogP contribution in [-0.2, 0) is 16.0 Å². The molecule has 0 radical (unpaired) electrons. The number of hydrogen-bond donors (Lipinski definition) is 0. The van der Waals surface area contributed by atoms with Crippen LogP contribution >= 0.6 is 11.8 Å². The van der Waals surface area contributed by atoms with E-state index in [1.54, 1.807) is 7.11 Å². The molecule has 0 aromatic heterocycles. The summed E-state index contributed by atoms with van der Waals surface area (Å²) >= 11 is 1.94. The molecule has 1 aliphatic carbocycles. The third-order valence-corrected chi connectivity index (χ3v) is 8.11. The molecule has 2 heterocycles. The van der Waals surface area contributed by atoms with Crippen molar-refractivity contribution in [1.82, 2.24) is 9.80 Å². The lowest BCUT2D eigenvalue weighted by atomic mass is 9.98. The summed E-state index contributed by atoms with van der Waals surface area (Å²) in [6.07, 6.45) is 6.71. The minimum Gasteiger partial charge on any atom is -0.497 e. The van der Waals surface area contributed by atoms with Crippen molar-refractivity contribution >= 4 is 23.6 Å². The number of likely N-dealkylation sites (tertiary alicyclic amines) is 1. The number of carbonyl (C=O) groups is 2. The Morgan fingerprint density at radius 2 is 1.79 bits per heavy atom. The molecular weight excluding hydrogens is 372 g/mol. The summed E-state index contributed by atoms with van der Waals surface area (Å²) in [4.78, 5) is 29.9. The topological polar surface area (TPSA) is 49.9 Å². The van der Waals surface area contributed by atoms with Crippen molar-refractivity contribution in [3.63, 3.8) is 0 Å². The Morgan fingerprint density at radius 1 is 1.11 bits per heavy atom. The van der Waals surface area contributed by atoms with Crippen molar-refractivity contribution in [2.75, 3.05) is 32.5 Å². The first kappa shape index (κ1) is 19.6. The molecule has 2 saturated heterocycles. The molecule has 6 heteroatoms. The fourth-order valence-corrected chi connectivity index (χ4v) is 6.32. The van der Waals surface area contributed by atoms with Crippen LogP contribution in [0.1, 0.15) is 44.1 Å². The summed E-state index contributed by atoms with van der Waals surface area (Å²) in [5.41, 5.74) is 1.01. The number of ether oxygens (including phenoxy) is 1. The fourth-order valence-electron chi connectivity index (χ4n) is 4.86. The summed E-state index contributed by atoms with van der Waals surface area (Å²) in [7, 11) is 1.64. The summed E-state index contributed by atoms with van der Waals surface area (Å²) in [5.74, 6) is 2.63. The minimum absolute atomic E-state index is 0.0729. The van der Waals surface area contributed by atoms with Gasteiger partial charge >= 0.3 is 0 Å². The third-order valence-electron chi connectivity index (χ3n) is 6.56. The monoisotopic (exact) mass is 402 g/mol. The number of amides is 2. The molecular formula is C22H30N2O3S. The predicted molar refractivity (Wildman–Crippen MR) is 111 cm³/mol. The molecule has 5 nitrogen and oxygen atoms in total. The van der Waals surface area contributed by atoms with Crippen LogP contribution in [0.15, 0.2) is 24.3 Å². The molecule has 1 saturated carbocycles. The zero-order valence-electron chi connectivity index (χ0n) is 16.7. The molecule has 3 aliphatic rings. The number of carbonyl (C=O) groups excluding carboxylic acids is 2. The van der Waals surface area contributed by atoms with Crippen LogP contribution in [0.3, 0.4) is 0 Å². The highest BCUT2D eigenvalue weighted by Gasteiger charge is 2.48. The van der Waals surface area contributed by atoms with Crippen LogP contribution < -0.4 is 4.74 Å². The Balaban J connectivity index is 1.35. The molecule has 2 amide bonds. The summed E-state index contributed by atoms with van der Waals surface area (Å²) in [6.45, 7) is 2.37. The standard InChI is InChI=1S/C22H30N2O3S/c1-27-19-8-6-17(7-9-19)16-20(25)23-12-10-22(11-13-23)24(14-15-28-22)21(26)18-4-2-3-5-18/h6-9,18H,2-5,10-16H2,1H3. The van der Waals surface area contributed by atoms with Gasteiger partial charge in [-0.15, -0.1) is 11.8 Å². The van der Waals surface area contributed by atoms with Gasteiger partial charge < -0.3 is 14.5 Å². The van der Waals surface area contributed by atoms with Crippen molar-refractivity contribution in [3.8, 4) is 5.75 Å². The van der Waals surface area contributed by atoms with E-state index in [0.717, 1.165) is 62.4 Å². The van der Waals surface area contributed by atoms with Gasteiger partial charge in [0.05, 0.1) is 18.4 Å². The number of rotatable bonds is 4. The molecule has 0 unspecified atom stereocenters. The number of thioether (sulfide) groups is 1. The molecule has 4 rings (SSSR count). The first-order chi connectivity index (χ1) is 13.6. The van der Waals surface area contributed by atoms with E-state index < -0.39 is 0 Å². The second kappa shape index (κ2) is 8.36. The van der Waals surface area contributed by atoms with Crippen LogP contribution in [0.25, 0.3) is 0 Å². The SMILES string of the molecule is COc1ccc(CC(=O)N2CCC3(CC2)SCCN3C(=O)C2CCCC2)cc1. The highest BCUT2D eigenvalue weighted by Crippen LogP contribution is 2.45. The molecule has 2 aliphatic heterocycles. The molecule has 152 valence electrons. The van der Waals surface area contributed by atoms with E-state index >= 15 is 0 Å². The Kier molecular flexibility index (Phi) is 5.85. The fraction of sp³-hybridized carbons (Fsp3) is 0.636. The number of methoxy groups -OCH3 is 1. The highest BCUT2D eigenvalue weighted by molar-refractivity contribution is 8.00. The smallest absolute Gasteiger partial charge is 0.226 e. The van der Waals surface area contributed by atoms with Gasteiger partial charge in [0, 0.05) is 31.3 Å². The van der Waals surface area contributed by atoms with E-state index in [9.17, 15) is 9.59 Å². The molecule has 0 bridgehead atoms. The molecule has 1 aromatic rings. The maximum Gasteiger partial charge on any atom is 0.226 e. The van der Waals surface area contributed by atoms with Gasteiger partial charge in [-0.2, -0.15) is 0 Å². The lowest BCUT2D eigenvalue weighted by molar-refractivity contribution is -0.140. The largest absolute Gasteiger partial charge is 0.497 e. The lowest BCUT2D eigenvalue weighted by Crippen LogP contribution is -2.54. The van der Waals surface area contributed by atoms with E-state index in [2.05, 4.69) is 4.90 Å². The Morgan fingerprint density at radius 3 is 2.43 bits per heavy atom. The van der Waals surface area contributed by atoms with Gasteiger partial charge in [-0.05, 0) is 43.4 Å². The molecule has 28 heavy (non-hydrogen) atoms. The van der Waals surface area contributed by atoms with Gasteiger partial charge in [-0.1, -0.05) is 25.0 Å². The second-order valence-corrected chi connectivity index (χ2v) is 9.63. The van der Waals surface area contributed by atoms with Gasteiger partial charge in [0.1, 0.15) is 5.75 Å². The van der Waals surface area contributed by atoms with Gasteiger partial charge in [-0.3, -0.25) is 9.59 Å².